The van der Waals surface area contributed by atoms with Crippen LogP contribution in [-0.2, 0) is 10.0 Å². The number of amides is 1. The van der Waals surface area contributed by atoms with Crippen LogP contribution >= 0.6 is 0 Å². The van der Waals surface area contributed by atoms with E-state index in [9.17, 15) is 13.2 Å². The summed E-state index contributed by atoms with van der Waals surface area (Å²) in [4.78, 5) is 12.8. The molecule has 1 atom stereocenters. The van der Waals surface area contributed by atoms with Gasteiger partial charge in [0, 0.05) is 23.7 Å². The van der Waals surface area contributed by atoms with Gasteiger partial charge in [-0.3, -0.25) is 10.1 Å². The third kappa shape index (κ3) is 4.36. The quantitative estimate of drug-likeness (QED) is 0.585. The van der Waals surface area contributed by atoms with Crippen LogP contribution in [0.15, 0.2) is 51.8 Å². The fourth-order valence-corrected chi connectivity index (χ4v) is 5.78. The molecule has 3 aromatic rings. The molecule has 3 heterocycles. The standard InChI is InChI=1S/C23H24N4O6S/c1-15-4-2-3-11-27(15)34(29,30)18-8-5-16(6-9-18)21(28)24-23-26-25-22(33-23)17-7-10-19-20(14-17)32-13-12-31-19/h5-10,14-15H,2-4,11-13H2,1H3,(H,24,26,28)/t15-/m1/s1. The summed E-state index contributed by atoms with van der Waals surface area (Å²) in [6, 6.07) is 11.0. The van der Waals surface area contributed by atoms with Gasteiger partial charge < -0.3 is 13.9 Å². The van der Waals surface area contributed by atoms with Gasteiger partial charge in [-0.1, -0.05) is 11.5 Å². The molecular weight excluding hydrogens is 460 g/mol. The van der Waals surface area contributed by atoms with Crippen molar-refractivity contribution in [3.05, 3.63) is 48.0 Å². The van der Waals surface area contributed by atoms with Gasteiger partial charge in [-0.15, -0.1) is 5.10 Å². The average molecular weight is 485 g/mol. The van der Waals surface area contributed by atoms with Crippen LogP contribution in [0.4, 0.5) is 6.01 Å². The molecular formula is C23H24N4O6S. The van der Waals surface area contributed by atoms with E-state index in [4.69, 9.17) is 13.9 Å². The predicted octanol–water partition coefficient (Wildman–Crippen LogP) is 3.32. The summed E-state index contributed by atoms with van der Waals surface area (Å²) < 4.78 is 44.1. The number of hydrogen-bond acceptors (Lipinski definition) is 8. The number of nitrogens with zero attached hydrogens (tertiary/aromatic N) is 3. The Labute approximate surface area is 196 Å². The second kappa shape index (κ2) is 9.07. The first-order valence-electron chi connectivity index (χ1n) is 11.1. The van der Waals surface area contributed by atoms with Gasteiger partial charge in [-0.2, -0.15) is 4.31 Å². The number of rotatable bonds is 5. The molecule has 1 amide bonds. The number of nitrogens with one attached hydrogen (secondary N) is 1. The van der Waals surface area contributed by atoms with E-state index in [1.54, 1.807) is 18.2 Å². The molecule has 1 N–H and O–H groups in total. The summed E-state index contributed by atoms with van der Waals surface area (Å²) in [5.41, 5.74) is 0.892. The topological polar surface area (TPSA) is 124 Å². The van der Waals surface area contributed by atoms with E-state index in [2.05, 4.69) is 15.5 Å². The van der Waals surface area contributed by atoms with E-state index >= 15 is 0 Å². The molecule has 0 spiro atoms. The Balaban J connectivity index is 1.28. The minimum atomic E-state index is -3.60. The molecule has 2 aliphatic heterocycles. The second-order valence-electron chi connectivity index (χ2n) is 8.21. The summed E-state index contributed by atoms with van der Waals surface area (Å²) in [6.07, 6.45) is 2.72. The van der Waals surface area contributed by atoms with Gasteiger partial charge in [0.1, 0.15) is 13.2 Å². The van der Waals surface area contributed by atoms with Crippen LogP contribution in [0.3, 0.4) is 0 Å². The van der Waals surface area contributed by atoms with Crippen LogP contribution in [0.2, 0.25) is 0 Å². The zero-order valence-corrected chi connectivity index (χ0v) is 19.4. The van der Waals surface area contributed by atoms with Crippen molar-refractivity contribution in [3.8, 4) is 23.0 Å². The molecule has 2 aliphatic rings. The Morgan fingerprint density at radius 2 is 1.79 bits per heavy atom. The lowest BCUT2D eigenvalue weighted by atomic mass is 10.1. The predicted molar refractivity (Wildman–Crippen MR) is 122 cm³/mol. The van der Waals surface area contributed by atoms with Gasteiger partial charge >= 0.3 is 6.01 Å². The number of aromatic nitrogens is 2. The number of sulfonamides is 1. The van der Waals surface area contributed by atoms with Gasteiger partial charge in [0.15, 0.2) is 11.5 Å². The minimum absolute atomic E-state index is 0.0392. The highest BCUT2D eigenvalue weighted by atomic mass is 32.2. The molecule has 0 unspecified atom stereocenters. The van der Waals surface area contributed by atoms with Crippen LogP contribution in [-0.4, -0.2) is 54.6 Å². The number of piperidine rings is 1. The monoisotopic (exact) mass is 484 g/mol. The third-order valence-electron chi connectivity index (χ3n) is 5.90. The Hall–Kier alpha value is -3.44. The smallest absolute Gasteiger partial charge is 0.322 e. The third-order valence-corrected chi connectivity index (χ3v) is 7.93. The highest BCUT2D eigenvalue weighted by molar-refractivity contribution is 7.89. The lowest BCUT2D eigenvalue weighted by Crippen LogP contribution is -2.41. The Morgan fingerprint density at radius 3 is 2.56 bits per heavy atom. The van der Waals surface area contributed by atoms with Crippen LogP contribution < -0.4 is 14.8 Å². The lowest BCUT2D eigenvalue weighted by molar-refractivity contribution is 0.102. The van der Waals surface area contributed by atoms with Gasteiger partial charge in [-0.05, 0) is 62.2 Å². The van der Waals surface area contributed by atoms with Gasteiger partial charge in [-0.25, -0.2) is 8.42 Å². The first-order chi connectivity index (χ1) is 16.4. The fraction of sp³-hybridized carbons (Fsp3) is 0.348. The number of ether oxygens (including phenoxy) is 2. The molecule has 5 rings (SSSR count). The number of carbonyl (C=O) groups excluding carboxylic acids is 1. The molecule has 1 fully saturated rings. The van der Waals surface area contributed by atoms with Crippen molar-refractivity contribution < 1.29 is 27.1 Å². The molecule has 11 heteroatoms. The van der Waals surface area contributed by atoms with Gasteiger partial charge in [0.05, 0.1) is 4.90 Å². The van der Waals surface area contributed by atoms with Crippen LogP contribution in [0, 0.1) is 0 Å². The fourth-order valence-electron chi connectivity index (χ4n) is 4.08. The zero-order chi connectivity index (χ0) is 23.7. The van der Waals surface area contributed by atoms with Crippen LogP contribution in [0.5, 0.6) is 11.5 Å². The summed E-state index contributed by atoms with van der Waals surface area (Å²) >= 11 is 0. The van der Waals surface area contributed by atoms with Crippen molar-refractivity contribution in [2.75, 3.05) is 25.1 Å². The van der Waals surface area contributed by atoms with Gasteiger partial charge in [0.2, 0.25) is 15.9 Å². The number of anilines is 1. The molecule has 0 bridgehead atoms. The van der Waals surface area contributed by atoms with E-state index < -0.39 is 15.9 Å². The molecule has 34 heavy (non-hydrogen) atoms. The number of fused-ring (bicyclic) bond motifs is 1. The highest BCUT2D eigenvalue weighted by Gasteiger charge is 2.31. The van der Waals surface area contributed by atoms with Crippen molar-refractivity contribution in [3.63, 3.8) is 0 Å². The summed E-state index contributed by atoms with van der Waals surface area (Å²) in [5, 5.41) is 10.4. The minimum Gasteiger partial charge on any atom is -0.486 e. The second-order valence-corrected chi connectivity index (χ2v) is 10.1. The molecule has 1 saturated heterocycles. The van der Waals surface area contributed by atoms with Crippen molar-refractivity contribution in [2.24, 2.45) is 0 Å². The summed E-state index contributed by atoms with van der Waals surface area (Å²) in [6.45, 7) is 3.38. The number of hydrogen-bond donors (Lipinski definition) is 1. The largest absolute Gasteiger partial charge is 0.486 e. The number of benzene rings is 2. The summed E-state index contributed by atoms with van der Waals surface area (Å²) in [5.74, 6) is 0.946. The van der Waals surface area contributed by atoms with E-state index in [1.165, 1.54) is 28.6 Å². The zero-order valence-electron chi connectivity index (χ0n) is 18.6. The lowest BCUT2D eigenvalue weighted by Gasteiger charge is -2.32. The van der Waals surface area contributed by atoms with Crippen molar-refractivity contribution >= 4 is 21.9 Å². The van der Waals surface area contributed by atoms with Crippen molar-refractivity contribution in [2.45, 2.75) is 37.1 Å². The normalized spacial score (nSPS) is 18.4. The molecule has 0 saturated carbocycles. The van der Waals surface area contributed by atoms with E-state index in [1.807, 2.05) is 6.92 Å². The van der Waals surface area contributed by atoms with E-state index in [0.717, 1.165) is 19.3 Å². The van der Waals surface area contributed by atoms with Crippen molar-refractivity contribution in [1.82, 2.24) is 14.5 Å². The average Bonchev–Trinajstić information content (AvgIpc) is 3.32. The Morgan fingerprint density at radius 1 is 1.03 bits per heavy atom. The molecule has 0 radical (unpaired) electrons. The van der Waals surface area contributed by atoms with Gasteiger partial charge in [0.25, 0.3) is 5.91 Å². The first-order valence-corrected chi connectivity index (χ1v) is 12.5. The molecule has 0 aliphatic carbocycles. The first kappa shape index (κ1) is 22.4. The maximum Gasteiger partial charge on any atom is 0.322 e. The highest BCUT2D eigenvalue weighted by Crippen LogP contribution is 2.34. The van der Waals surface area contributed by atoms with Crippen molar-refractivity contribution in [1.29, 1.82) is 0 Å². The number of carbonyl (C=O) groups is 1. The Kier molecular flexibility index (Phi) is 5.96. The van der Waals surface area contributed by atoms with Crippen LogP contribution in [0.1, 0.15) is 36.5 Å². The van der Waals surface area contributed by atoms with Crippen LogP contribution in [0.25, 0.3) is 11.5 Å². The molecule has 1 aromatic heterocycles. The van der Waals surface area contributed by atoms with E-state index in [0.29, 0.717) is 36.8 Å². The molecule has 2 aromatic carbocycles. The SMILES string of the molecule is C[C@@H]1CCCCN1S(=O)(=O)c1ccc(C(=O)Nc2nnc(-c3ccc4c(c3)OCCO4)o2)cc1. The Bertz CT molecular complexity index is 1310. The summed E-state index contributed by atoms with van der Waals surface area (Å²) in [7, 11) is -3.60. The molecule has 178 valence electrons. The maximum atomic E-state index is 13.0. The van der Waals surface area contributed by atoms with E-state index in [-0.39, 0.29) is 28.4 Å². The maximum absolute atomic E-state index is 13.0. The molecule has 10 nitrogen and oxygen atoms in total.